The van der Waals surface area contributed by atoms with Crippen LogP contribution in [-0.2, 0) is 4.79 Å². The SMILES string of the molecule is CCOc1ccc(OC(C)C(=O)Nc2cc(N3CCC(C)CC3)ncn2)cc1. The second-order valence-electron chi connectivity index (χ2n) is 7.08. The number of aromatic nitrogens is 2. The van der Waals surface area contributed by atoms with Crippen LogP contribution in [0.3, 0.4) is 0 Å². The molecule has 28 heavy (non-hydrogen) atoms. The zero-order chi connectivity index (χ0) is 19.9. The first-order valence-corrected chi connectivity index (χ1v) is 9.82. The van der Waals surface area contributed by atoms with Crippen LogP contribution in [0.25, 0.3) is 0 Å². The molecule has 1 fully saturated rings. The number of hydrogen-bond acceptors (Lipinski definition) is 6. The number of rotatable bonds is 7. The van der Waals surface area contributed by atoms with Gasteiger partial charge in [-0.3, -0.25) is 4.79 Å². The fourth-order valence-corrected chi connectivity index (χ4v) is 3.09. The summed E-state index contributed by atoms with van der Waals surface area (Å²) in [6, 6.07) is 9.03. The molecule has 1 aromatic heterocycles. The lowest BCUT2D eigenvalue weighted by molar-refractivity contribution is -0.122. The summed E-state index contributed by atoms with van der Waals surface area (Å²) < 4.78 is 11.1. The minimum Gasteiger partial charge on any atom is -0.494 e. The minimum absolute atomic E-state index is 0.259. The molecule has 1 aliphatic rings. The van der Waals surface area contributed by atoms with Crippen molar-refractivity contribution in [1.82, 2.24) is 9.97 Å². The first-order valence-electron chi connectivity index (χ1n) is 9.82. The topological polar surface area (TPSA) is 76.6 Å². The van der Waals surface area contributed by atoms with E-state index in [1.165, 1.54) is 6.33 Å². The Morgan fingerprint density at radius 1 is 1.21 bits per heavy atom. The highest BCUT2D eigenvalue weighted by Gasteiger charge is 2.19. The lowest BCUT2D eigenvalue weighted by atomic mass is 9.99. The molecule has 7 nitrogen and oxygen atoms in total. The number of anilines is 2. The van der Waals surface area contributed by atoms with E-state index in [0.29, 0.717) is 18.2 Å². The van der Waals surface area contributed by atoms with Gasteiger partial charge >= 0.3 is 0 Å². The maximum atomic E-state index is 12.5. The predicted octanol–water partition coefficient (Wildman–Crippen LogP) is 3.52. The molecular weight excluding hydrogens is 356 g/mol. The van der Waals surface area contributed by atoms with Crippen LogP contribution in [0.5, 0.6) is 11.5 Å². The Kier molecular flexibility index (Phi) is 6.68. The molecule has 3 rings (SSSR count). The number of nitrogens with one attached hydrogen (secondary N) is 1. The molecule has 1 aromatic carbocycles. The van der Waals surface area contributed by atoms with Crippen molar-refractivity contribution in [1.29, 1.82) is 0 Å². The van der Waals surface area contributed by atoms with Crippen LogP contribution in [0, 0.1) is 5.92 Å². The van der Waals surface area contributed by atoms with Crippen molar-refractivity contribution >= 4 is 17.5 Å². The molecule has 2 aromatic rings. The normalized spacial score (nSPS) is 15.8. The van der Waals surface area contributed by atoms with Gasteiger partial charge in [-0.25, -0.2) is 9.97 Å². The van der Waals surface area contributed by atoms with Crippen LogP contribution in [0.2, 0.25) is 0 Å². The summed E-state index contributed by atoms with van der Waals surface area (Å²) in [4.78, 5) is 23.2. The Labute approximate surface area is 166 Å². The summed E-state index contributed by atoms with van der Waals surface area (Å²) in [6.07, 6.45) is 3.13. The van der Waals surface area contributed by atoms with E-state index in [1.54, 1.807) is 19.1 Å². The zero-order valence-electron chi connectivity index (χ0n) is 16.7. The molecule has 2 heterocycles. The van der Waals surface area contributed by atoms with E-state index in [9.17, 15) is 4.79 Å². The lowest BCUT2D eigenvalue weighted by Crippen LogP contribution is -2.34. The monoisotopic (exact) mass is 384 g/mol. The van der Waals surface area contributed by atoms with E-state index < -0.39 is 6.10 Å². The van der Waals surface area contributed by atoms with Gasteiger partial charge in [0.15, 0.2) is 6.10 Å². The Balaban J connectivity index is 1.57. The van der Waals surface area contributed by atoms with E-state index >= 15 is 0 Å². The van der Waals surface area contributed by atoms with Crippen LogP contribution >= 0.6 is 0 Å². The molecule has 0 bridgehead atoms. The van der Waals surface area contributed by atoms with Gasteiger partial charge in [0.1, 0.15) is 29.5 Å². The molecule has 1 atom stereocenters. The molecule has 1 saturated heterocycles. The quantitative estimate of drug-likeness (QED) is 0.787. The van der Waals surface area contributed by atoms with Crippen LogP contribution in [0.4, 0.5) is 11.6 Å². The van der Waals surface area contributed by atoms with Gasteiger partial charge in [0.25, 0.3) is 5.91 Å². The number of amides is 1. The van der Waals surface area contributed by atoms with Gasteiger partial charge in [0, 0.05) is 19.2 Å². The Morgan fingerprint density at radius 2 is 1.89 bits per heavy atom. The molecule has 1 unspecified atom stereocenters. The average molecular weight is 384 g/mol. The fraction of sp³-hybridized carbons (Fsp3) is 0.476. The summed E-state index contributed by atoms with van der Waals surface area (Å²) in [6.45, 7) is 8.47. The molecular formula is C21H28N4O3. The second-order valence-corrected chi connectivity index (χ2v) is 7.08. The largest absolute Gasteiger partial charge is 0.494 e. The molecule has 0 spiro atoms. The van der Waals surface area contributed by atoms with E-state index in [2.05, 4.69) is 27.1 Å². The standard InChI is InChI=1S/C21H28N4O3/c1-4-27-17-5-7-18(8-6-17)28-16(3)21(26)24-19-13-20(23-14-22-19)25-11-9-15(2)10-12-25/h5-8,13-16H,4,9-12H2,1-3H3,(H,22,23,24,26). The van der Waals surface area contributed by atoms with Gasteiger partial charge in [0.2, 0.25) is 0 Å². The summed E-state index contributed by atoms with van der Waals surface area (Å²) in [5, 5.41) is 2.82. The third-order valence-electron chi connectivity index (χ3n) is 4.83. The van der Waals surface area contributed by atoms with E-state index in [1.807, 2.05) is 25.1 Å². The first-order chi connectivity index (χ1) is 13.5. The molecule has 0 aliphatic carbocycles. The molecule has 1 amide bonds. The van der Waals surface area contributed by atoms with Crippen molar-refractivity contribution in [3.63, 3.8) is 0 Å². The first kappa shape index (κ1) is 19.9. The van der Waals surface area contributed by atoms with Crippen molar-refractivity contribution < 1.29 is 14.3 Å². The van der Waals surface area contributed by atoms with Crippen molar-refractivity contribution in [3.8, 4) is 11.5 Å². The highest BCUT2D eigenvalue weighted by atomic mass is 16.5. The van der Waals surface area contributed by atoms with Crippen LogP contribution in [0.15, 0.2) is 36.7 Å². The Hall–Kier alpha value is -2.83. The molecule has 0 radical (unpaired) electrons. The van der Waals surface area contributed by atoms with Crippen molar-refractivity contribution in [2.45, 2.75) is 39.7 Å². The van der Waals surface area contributed by atoms with Gasteiger partial charge in [-0.15, -0.1) is 0 Å². The smallest absolute Gasteiger partial charge is 0.266 e. The fourth-order valence-electron chi connectivity index (χ4n) is 3.09. The van der Waals surface area contributed by atoms with Gasteiger partial charge < -0.3 is 19.7 Å². The highest BCUT2D eigenvalue weighted by Crippen LogP contribution is 2.23. The molecule has 7 heteroatoms. The third-order valence-corrected chi connectivity index (χ3v) is 4.83. The molecule has 1 aliphatic heterocycles. The number of carbonyl (C=O) groups excluding carboxylic acids is 1. The summed E-state index contributed by atoms with van der Waals surface area (Å²) >= 11 is 0. The predicted molar refractivity (Wildman–Crippen MR) is 109 cm³/mol. The van der Waals surface area contributed by atoms with Crippen LogP contribution in [-0.4, -0.2) is 41.7 Å². The maximum Gasteiger partial charge on any atom is 0.266 e. The average Bonchev–Trinajstić information content (AvgIpc) is 2.70. The van der Waals surface area contributed by atoms with Gasteiger partial charge in [-0.1, -0.05) is 6.92 Å². The van der Waals surface area contributed by atoms with Crippen molar-refractivity contribution in [3.05, 3.63) is 36.7 Å². The number of hydrogen-bond donors (Lipinski definition) is 1. The van der Waals surface area contributed by atoms with Crippen molar-refractivity contribution in [2.75, 3.05) is 29.9 Å². The van der Waals surface area contributed by atoms with Crippen LogP contribution in [0.1, 0.15) is 33.6 Å². The Morgan fingerprint density at radius 3 is 2.57 bits per heavy atom. The van der Waals surface area contributed by atoms with Crippen LogP contribution < -0.4 is 19.7 Å². The summed E-state index contributed by atoms with van der Waals surface area (Å²) in [5.41, 5.74) is 0. The van der Waals surface area contributed by atoms with E-state index in [-0.39, 0.29) is 5.91 Å². The van der Waals surface area contributed by atoms with Gasteiger partial charge in [0.05, 0.1) is 6.61 Å². The van der Waals surface area contributed by atoms with E-state index in [4.69, 9.17) is 9.47 Å². The van der Waals surface area contributed by atoms with E-state index in [0.717, 1.165) is 43.4 Å². The highest BCUT2D eigenvalue weighted by molar-refractivity contribution is 5.93. The molecule has 150 valence electrons. The molecule has 1 N–H and O–H groups in total. The van der Waals surface area contributed by atoms with Gasteiger partial charge in [-0.2, -0.15) is 0 Å². The number of piperidine rings is 1. The lowest BCUT2D eigenvalue weighted by Gasteiger charge is -2.31. The van der Waals surface area contributed by atoms with Gasteiger partial charge in [-0.05, 0) is 56.9 Å². The third kappa shape index (κ3) is 5.34. The number of carbonyl (C=O) groups is 1. The number of benzene rings is 1. The second kappa shape index (κ2) is 9.39. The van der Waals surface area contributed by atoms with Crippen molar-refractivity contribution in [2.24, 2.45) is 5.92 Å². The number of ether oxygens (including phenoxy) is 2. The maximum absolute atomic E-state index is 12.5. The summed E-state index contributed by atoms with van der Waals surface area (Å²) in [5.74, 6) is 3.20. The number of nitrogens with zero attached hydrogens (tertiary/aromatic N) is 3. The zero-order valence-corrected chi connectivity index (χ0v) is 16.7. The summed E-state index contributed by atoms with van der Waals surface area (Å²) in [7, 11) is 0. The minimum atomic E-state index is -0.660. The Bertz CT molecular complexity index is 773. The molecule has 0 saturated carbocycles.